The van der Waals surface area contributed by atoms with Crippen LogP contribution in [0.2, 0.25) is 0 Å². The Morgan fingerprint density at radius 1 is 1.21 bits per heavy atom. The zero-order chi connectivity index (χ0) is 17.5. The quantitative estimate of drug-likeness (QED) is 0.640. The first-order valence-corrected chi connectivity index (χ1v) is 7.92. The van der Waals surface area contributed by atoms with Crippen molar-refractivity contribution >= 4 is 23.0 Å². The molecule has 0 saturated carbocycles. The van der Waals surface area contributed by atoms with E-state index >= 15 is 0 Å². The fourth-order valence-corrected chi connectivity index (χ4v) is 2.51. The van der Waals surface area contributed by atoms with Gasteiger partial charge in [-0.25, -0.2) is 0 Å². The van der Waals surface area contributed by atoms with Crippen LogP contribution in [0.3, 0.4) is 0 Å². The Morgan fingerprint density at radius 2 is 1.92 bits per heavy atom. The second-order valence-electron chi connectivity index (χ2n) is 5.68. The van der Waals surface area contributed by atoms with Gasteiger partial charge in [0.2, 0.25) is 0 Å². The normalized spacial score (nSPS) is 11.0. The lowest BCUT2D eigenvalue weighted by Crippen LogP contribution is -2.11. The summed E-state index contributed by atoms with van der Waals surface area (Å²) in [5.41, 5.74) is 10.5. The molecule has 2 aromatic rings. The van der Waals surface area contributed by atoms with Gasteiger partial charge < -0.3 is 15.4 Å². The van der Waals surface area contributed by atoms with Crippen molar-refractivity contribution in [3.05, 3.63) is 53.6 Å². The summed E-state index contributed by atoms with van der Waals surface area (Å²) < 4.78 is 5.60. The molecule has 2 rings (SSSR count). The number of allylic oxidation sites excluding steroid dienone is 1. The summed E-state index contributed by atoms with van der Waals surface area (Å²) in [7, 11) is 3.98. The molecular weight excluding hydrogens is 298 g/mol. The molecule has 124 valence electrons. The van der Waals surface area contributed by atoms with Crippen LogP contribution in [-0.4, -0.2) is 20.7 Å². The maximum atomic E-state index is 9.24. The van der Waals surface area contributed by atoms with Gasteiger partial charge in [-0.3, -0.25) is 0 Å². The van der Waals surface area contributed by atoms with Crippen molar-refractivity contribution in [1.29, 1.82) is 5.26 Å². The van der Waals surface area contributed by atoms with Crippen LogP contribution in [0.25, 0.3) is 11.6 Å². The van der Waals surface area contributed by atoms with Crippen molar-refractivity contribution < 1.29 is 4.74 Å². The van der Waals surface area contributed by atoms with Crippen molar-refractivity contribution in [2.45, 2.75) is 13.3 Å². The van der Waals surface area contributed by atoms with Gasteiger partial charge in [-0.1, -0.05) is 18.2 Å². The fraction of sp³-hybridized carbons (Fsp3) is 0.250. The van der Waals surface area contributed by atoms with E-state index in [1.807, 2.05) is 74.5 Å². The van der Waals surface area contributed by atoms with Crippen LogP contribution in [0.5, 0.6) is 5.75 Å². The average Bonchev–Trinajstić information content (AvgIpc) is 2.56. The van der Waals surface area contributed by atoms with Gasteiger partial charge in [-0.15, -0.1) is 0 Å². The summed E-state index contributed by atoms with van der Waals surface area (Å²) in [4.78, 5) is 2.03. The molecule has 0 heterocycles. The van der Waals surface area contributed by atoms with Gasteiger partial charge in [0.05, 0.1) is 19.1 Å². The fourth-order valence-electron chi connectivity index (χ4n) is 2.51. The highest BCUT2D eigenvalue weighted by Crippen LogP contribution is 2.33. The predicted octanol–water partition coefficient (Wildman–Crippen LogP) is 4.19. The van der Waals surface area contributed by atoms with Crippen molar-refractivity contribution in [3.8, 4) is 11.8 Å². The van der Waals surface area contributed by atoms with Gasteiger partial charge in [0, 0.05) is 37.1 Å². The Hall–Kier alpha value is -2.93. The van der Waals surface area contributed by atoms with E-state index in [0.29, 0.717) is 13.0 Å². The zero-order valence-electron chi connectivity index (χ0n) is 14.4. The van der Waals surface area contributed by atoms with Crippen molar-refractivity contribution in [2.24, 2.45) is 0 Å². The maximum absolute atomic E-state index is 9.24. The Kier molecular flexibility index (Phi) is 5.86. The lowest BCUT2D eigenvalue weighted by Gasteiger charge is -2.20. The molecule has 0 atom stereocenters. The summed E-state index contributed by atoms with van der Waals surface area (Å²) in [6.07, 6.45) is 2.37. The largest absolute Gasteiger partial charge is 0.494 e. The molecule has 2 N–H and O–H groups in total. The minimum atomic E-state index is 0.333. The zero-order valence-corrected chi connectivity index (χ0v) is 14.4. The summed E-state index contributed by atoms with van der Waals surface area (Å²) in [5, 5.41) is 9.24. The van der Waals surface area contributed by atoms with Gasteiger partial charge in [0.25, 0.3) is 0 Å². The van der Waals surface area contributed by atoms with Crippen LogP contribution in [0.4, 0.5) is 11.4 Å². The van der Waals surface area contributed by atoms with E-state index in [4.69, 9.17) is 10.5 Å². The van der Waals surface area contributed by atoms with E-state index in [1.54, 1.807) is 0 Å². The van der Waals surface area contributed by atoms with E-state index in [-0.39, 0.29) is 0 Å². The third-order valence-corrected chi connectivity index (χ3v) is 3.65. The number of nitrogens with zero attached hydrogens (tertiary/aromatic N) is 2. The molecule has 4 heteroatoms. The number of anilines is 2. The Morgan fingerprint density at radius 3 is 2.50 bits per heavy atom. The summed E-state index contributed by atoms with van der Waals surface area (Å²) in [5.74, 6) is 0.828. The van der Waals surface area contributed by atoms with Crippen molar-refractivity contribution in [2.75, 3.05) is 31.3 Å². The van der Waals surface area contributed by atoms with Crippen LogP contribution in [0.1, 0.15) is 24.5 Å². The van der Waals surface area contributed by atoms with Crippen LogP contribution >= 0.6 is 0 Å². The van der Waals surface area contributed by atoms with E-state index in [2.05, 4.69) is 6.07 Å². The van der Waals surface area contributed by atoms with Gasteiger partial charge in [-0.05, 0) is 42.3 Å². The molecule has 0 saturated heterocycles. The SMILES string of the molecule is CCOc1ccc(/C(=C/c2ccc(N)cc2)CC#N)c(N(C)C)c1. The molecule has 0 spiro atoms. The summed E-state index contributed by atoms with van der Waals surface area (Å²) in [6.45, 7) is 2.59. The Labute approximate surface area is 143 Å². The highest BCUT2D eigenvalue weighted by molar-refractivity contribution is 5.88. The molecule has 0 aliphatic rings. The number of nitriles is 1. The molecule has 0 amide bonds. The maximum Gasteiger partial charge on any atom is 0.121 e. The number of benzene rings is 2. The predicted molar refractivity (Wildman–Crippen MR) is 101 cm³/mol. The summed E-state index contributed by atoms with van der Waals surface area (Å²) >= 11 is 0. The van der Waals surface area contributed by atoms with Crippen molar-refractivity contribution in [3.63, 3.8) is 0 Å². The van der Waals surface area contributed by atoms with E-state index in [9.17, 15) is 5.26 Å². The Bertz CT molecular complexity index is 755. The monoisotopic (exact) mass is 321 g/mol. The minimum absolute atomic E-state index is 0.333. The lowest BCUT2D eigenvalue weighted by molar-refractivity contribution is 0.340. The lowest BCUT2D eigenvalue weighted by atomic mass is 9.98. The molecule has 0 unspecified atom stereocenters. The standard InChI is InChI=1S/C20H23N3O/c1-4-24-18-9-10-19(20(14-18)23(2)3)16(11-12-21)13-15-5-7-17(22)8-6-15/h5-10,13-14H,4,11,22H2,1-3H3/b16-13+. The molecule has 4 nitrogen and oxygen atoms in total. The number of ether oxygens (including phenoxy) is 1. The van der Waals surface area contributed by atoms with Crippen molar-refractivity contribution in [1.82, 2.24) is 0 Å². The molecule has 0 radical (unpaired) electrons. The molecule has 0 aliphatic heterocycles. The van der Waals surface area contributed by atoms with Gasteiger partial charge in [0.15, 0.2) is 0 Å². The highest BCUT2D eigenvalue weighted by Gasteiger charge is 2.11. The number of nitrogens with two attached hydrogens (primary N) is 1. The van der Waals surface area contributed by atoms with Gasteiger partial charge in [0.1, 0.15) is 5.75 Å². The molecule has 2 aromatic carbocycles. The smallest absolute Gasteiger partial charge is 0.121 e. The van der Waals surface area contributed by atoms with Crippen LogP contribution in [0, 0.1) is 11.3 Å². The first-order chi connectivity index (χ1) is 11.5. The third-order valence-electron chi connectivity index (χ3n) is 3.65. The van der Waals surface area contributed by atoms with Gasteiger partial charge in [-0.2, -0.15) is 5.26 Å². The summed E-state index contributed by atoms with van der Waals surface area (Å²) in [6, 6.07) is 15.9. The van der Waals surface area contributed by atoms with E-state index < -0.39 is 0 Å². The minimum Gasteiger partial charge on any atom is -0.494 e. The molecule has 0 fully saturated rings. The molecule has 0 aliphatic carbocycles. The molecule has 24 heavy (non-hydrogen) atoms. The number of rotatable bonds is 6. The first kappa shape index (κ1) is 17.4. The molecular formula is C20H23N3O. The van der Waals surface area contributed by atoms with Crippen LogP contribution < -0.4 is 15.4 Å². The third kappa shape index (κ3) is 4.30. The van der Waals surface area contributed by atoms with E-state index in [1.165, 1.54) is 0 Å². The topological polar surface area (TPSA) is 62.3 Å². The average molecular weight is 321 g/mol. The number of hydrogen-bond acceptors (Lipinski definition) is 4. The van der Waals surface area contributed by atoms with Gasteiger partial charge >= 0.3 is 0 Å². The second kappa shape index (κ2) is 8.07. The molecule has 0 aromatic heterocycles. The Balaban J connectivity index is 2.50. The van der Waals surface area contributed by atoms with E-state index in [0.717, 1.165) is 33.8 Å². The highest BCUT2D eigenvalue weighted by atomic mass is 16.5. The number of nitrogen functional groups attached to an aromatic ring is 1. The number of hydrogen-bond donors (Lipinski definition) is 1. The molecule has 0 bridgehead atoms. The van der Waals surface area contributed by atoms with Crippen LogP contribution in [0.15, 0.2) is 42.5 Å². The second-order valence-corrected chi connectivity index (χ2v) is 5.68. The van der Waals surface area contributed by atoms with Crippen LogP contribution in [-0.2, 0) is 0 Å². The first-order valence-electron chi connectivity index (χ1n) is 7.92.